The van der Waals surface area contributed by atoms with Crippen LogP contribution in [-0.4, -0.2) is 42.8 Å². The van der Waals surface area contributed by atoms with E-state index in [1.807, 2.05) is 6.08 Å². The normalized spacial score (nSPS) is 32.7. The van der Waals surface area contributed by atoms with Gasteiger partial charge in [-0.05, 0) is 29.9 Å². The van der Waals surface area contributed by atoms with Crippen LogP contribution in [0.3, 0.4) is 0 Å². The van der Waals surface area contributed by atoms with E-state index in [2.05, 4.69) is 10.8 Å². The standard InChI is InChI=1S/C12H18O5S2/c1-17-11(13)4-5-18-7-10-8-2-3-9(6-8)12(10)19(14,15)16/h2-3,8-10,12H,4-7H2,1H3,(H,14,15,16)/t8-,9+,10-,12+/m1/s1. The van der Waals surface area contributed by atoms with Gasteiger partial charge in [-0.25, -0.2) is 0 Å². The van der Waals surface area contributed by atoms with Crippen LogP contribution in [0.1, 0.15) is 12.8 Å². The van der Waals surface area contributed by atoms with Gasteiger partial charge in [0, 0.05) is 5.75 Å². The van der Waals surface area contributed by atoms with Gasteiger partial charge in [0.05, 0.1) is 18.8 Å². The molecule has 0 aromatic rings. The minimum absolute atomic E-state index is 0.0485. The van der Waals surface area contributed by atoms with Crippen molar-refractivity contribution < 1.29 is 22.5 Å². The molecule has 0 aliphatic heterocycles. The van der Waals surface area contributed by atoms with Crippen LogP contribution in [0.2, 0.25) is 0 Å². The van der Waals surface area contributed by atoms with E-state index in [-0.39, 0.29) is 23.7 Å². The fourth-order valence-corrected chi connectivity index (χ4v) is 5.73. The number of esters is 1. The Hall–Kier alpha value is -0.530. The summed E-state index contributed by atoms with van der Waals surface area (Å²) in [6, 6.07) is 0. The maximum atomic E-state index is 11.5. The zero-order valence-corrected chi connectivity index (χ0v) is 12.3. The van der Waals surface area contributed by atoms with E-state index in [1.54, 1.807) is 11.8 Å². The second-order valence-electron chi connectivity index (χ2n) is 4.99. The number of thioether (sulfide) groups is 1. The first-order valence-corrected chi connectivity index (χ1v) is 8.88. The fraction of sp³-hybridized carbons (Fsp3) is 0.750. The van der Waals surface area contributed by atoms with Crippen LogP contribution in [0.15, 0.2) is 12.2 Å². The van der Waals surface area contributed by atoms with Crippen LogP contribution in [0.25, 0.3) is 0 Å². The maximum Gasteiger partial charge on any atom is 0.306 e. The van der Waals surface area contributed by atoms with E-state index in [0.29, 0.717) is 17.9 Å². The lowest BCUT2D eigenvalue weighted by atomic mass is 9.95. The van der Waals surface area contributed by atoms with Crippen molar-refractivity contribution >= 4 is 27.8 Å². The highest BCUT2D eigenvalue weighted by molar-refractivity contribution is 7.99. The summed E-state index contributed by atoms with van der Waals surface area (Å²) in [6.07, 6.45) is 5.09. The maximum absolute atomic E-state index is 11.5. The predicted octanol–water partition coefficient (Wildman–Crippen LogP) is 1.36. The highest BCUT2D eigenvalue weighted by atomic mass is 32.2. The van der Waals surface area contributed by atoms with Crippen molar-refractivity contribution in [3.8, 4) is 0 Å². The van der Waals surface area contributed by atoms with Crippen LogP contribution in [0, 0.1) is 17.8 Å². The quantitative estimate of drug-likeness (QED) is 0.345. The van der Waals surface area contributed by atoms with Gasteiger partial charge >= 0.3 is 5.97 Å². The summed E-state index contributed by atoms with van der Waals surface area (Å²) in [5.74, 6) is 1.14. The Kier molecular flexibility index (Phi) is 4.58. The first-order valence-electron chi connectivity index (χ1n) is 6.22. The topological polar surface area (TPSA) is 80.7 Å². The lowest BCUT2D eigenvalue weighted by Crippen LogP contribution is -2.34. The van der Waals surface area contributed by atoms with Gasteiger partial charge in [0.2, 0.25) is 0 Å². The van der Waals surface area contributed by atoms with Gasteiger partial charge in [-0.15, -0.1) is 0 Å². The third-order valence-corrected chi connectivity index (χ3v) is 6.38. The van der Waals surface area contributed by atoms with E-state index in [4.69, 9.17) is 0 Å². The van der Waals surface area contributed by atoms with Crippen LogP contribution in [0.5, 0.6) is 0 Å². The van der Waals surface area contributed by atoms with E-state index >= 15 is 0 Å². The minimum atomic E-state index is -4.00. The smallest absolute Gasteiger partial charge is 0.306 e. The Bertz CT molecular complexity index is 471. The molecule has 4 atom stereocenters. The number of carbonyl (C=O) groups excluding carboxylic acids is 1. The molecule has 2 rings (SSSR count). The molecule has 0 saturated heterocycles. The molecule has 0 amide bonds. The van der Waals surface area contributed by atoms with Crippen molar-refractivity contribution in [2.24, 2.45) is 17.8 Å². The minimum Gasteiger partial charge on any atom is -0.469 e. The van der Waals surface area contributed by atoms with E-state index < -0.39 is 15.4 Å². The SMILES string of the molecule is COC(=O)CCSC[C@H]1[C@@H](S(=O)(=O)O)[C@H]2C=C[C@@H]1C2. The summed E-state index contributed by atoms with van der Waals surface area (Å²) >= 11 is 1.54. The molecule has 108 valence electrons. The van der Waals surface area contributed by atoms with Crippen molar-refractivity contribution in [3.63, 3.8) is 0 Å². The zero-order chi connectivity index (χ0) is 14.0. The van der Waals surface area contributed by atoms with Crippen molar-refractivity contribution in [2.45, 2.75) is 18.1 Å². The van der Waals surface area contributed by atoms with Gasteiger partial charge in [0.25, 0.3) is 10.1 Å². The van der Waals surface area contributed by atoms with Crippen molar-refractivity contribution in [1.82, 2.24) is 0 Å². The van der Waals surface area contributed by atoms with E-state index in [0.717, 1.165) is 6.42 Å². The average Bonchev–Trinajstić information content (AvgIpc) is 2.93. The molecule has 1 N–H and O–H groups in total. The Labute approximate surface area is 117 Å². The van der Waals surface area contributed by atoms with Gasteiger partial charge < -0.3 is 4.74 Å². The Morgan fingerprint density at radius 1 is 1.42 bits per heavy atom. The fourth-order valence-electron chi connectivity index (χ4n) is 3.02. The molecule has 5 nitrogen and oxygen atoms in total. The largest absolute Gasteiger partial charge is 0.469 e. The predicted molar refractivity (Wildman–Crippen MR) is 73.5 cm³/mol. The third kappa shape index (κ3) is 3.32. The first kappa shape index (κ1) is 14.9. The summed E-state index contributed by atoms with van der Waals surface area (Å²) in [6.45, 7) is 0. The molecule has 19 heavy (non-hydrogen) atoms. The van der Waals surface area contributed by atoms with Gasteiger partial charge in [-0.2, -0.15) is 20.2 Å². The first-order chi connectivity index (χ1) is 8.93. The molecule has 2 aliphatic rings. The molecule has 0 aromatic carbocycles. The second kappa shape index (κ2) is 5.85. The third-order valence-electron chi connectivity index (χ3n) is 3.88. The van der Waals surface area contributed by atoms with Crippen molar-refractivity contribution in [3.05, 3.63) is 12.2 Å². The molecule has 0 radical (unpaired) electrons. The summed E-state index contributed by atoms with van der Waals surface area (Å²) < 4.78 is 36.8. The highest BCUT2D eigenvalue weighted by Crippen LogP contribution is 2.47. The molecule has 0 heterocycles. The number of rotatable bonds is 6. The van der Waals surface area contributed by atoms with Crippen molar-refractivity contribution in [2.75, 3.05) is 18.6 Å². The number of carbonyl (C=O) groups is 1. The number of ether oxygens (including phenoxy) is 1. The second-order valence-corrected chi connectivity index (χ2v) is 7.72. The van der Waals surface area contributed by atoms with Crippen LogP contribution in [0.4, 0.5) is 0 Å². The van der Waals surface area contributed by atoms with Gasteiger partial charge in [-0.3, -0.25) is 9.35 Å². The molecule has 2 aliphatic carbocycles. The lowest BCUT2D eigenvalue weighted by Gasteiger charge is -2.25. The molecule has 1 saturated carbocycles. The number of hydrogen-bond acceptors (Lipinski definition) is 5. The molecule has 2 bridgehead atoms. The van der Waals surface area contributed by atoms with Gasteiger partial charge in [0.1, 0.15) is 0 Å². The number of methoxy groups -OCH3 is 1. The molecule has 1 fully saturated rings. The van der Waals surface area contributed by atoms with Crippen LogP contribution < -0.4 is 0 Å². The monoisotopic (exact) mass is 306 g/mol. The zero-order valence-electron chi connectivity index (χ0n) is 10.7. The van der Waals surface area contributed by atoms with Crippen LogP contribution in [-0.2, 0) is 19.6 Å². The van der Waals surface area contributed by atoms with Crippen LogP contribution >= 0.6 is 11.8 Å². The number of fused-ring (bicyclic) bond motifs is 2. The molecular weight excluding hydrogens is 288 g/mol. The van der Waals surface area contributed by atoms with Gasteiger partial charge in [0.15, 0.2) is 0 Å². The average molecular weight is 306 g/mol. The van der Waals surface area contributed by atoms with E-state index in [1.165, 1.54) is 7.11 Å². The lowest BCUT2D eigenvalue weighted by molar-refractivity contribution is -0.140. The summed E-state index contributed by atoms with van der Waals surface area (Å²) in [4.78, 5) is 11.0. The highest BCUT2D eigenvalue weighted by Gasteiger charge is 2.50. The van der Waals surface area contributed by atoms with Crippen molar-refractivity contribution in [1.29, 1.82) is 0 Å². The van der Waals surface area contributed by atoms with E-state index in [9.17, 15) is 17.8 Å². The molecule has 7 heteroatoms. The molecule has 0 aromatic heterocycles. The number of allylic oxidation sites excluding steroid dienone is 2. The Morgan fingerprint density at radius 3 is 2.74 bits per heavy atom. The summed E-state index contributed by atoms with van der Waals surface area (Å²) in [5, 5.41) is -0.673. The molecule has 0 spiro atoms. The van der Waals surface area contributed by atoms with Gasteiger partial charge in [-0.1, -0.05) is 12.2 Å². The molecule has 0 unspecified atom stereocenters. The summed E-state index contributed by atoms with van der Waals surface area (Å²) in [7, 11) is -2.65. The number of hydrogen-bond donors (Lipinski definition) is 1. The molecular formula is C12H18O5S2. The summed E-state index contributed by atoms with van der Waals surface area (Å²) in [5.41, 5.74) is 0. The Balaban J connectivity index is 1.89. The Morgan fingerprint density at radius 2 is 2.11 bits per heavy atom.